The number of aromatic amines is 1. The number of fused-ring (bicyclic) bond motifs is 1. The van der Waals surface area contributed by atoms with Gasteiger partial charge in [-0.2, -0.15) is 0 Å². The highest BCUT2D eigenvalue weighted by Crippen LogP contribution is 2.33. The van der Waals surface area contributed by atoms with Crippen molar-refractivity contribution in [2.24, 2.45) is 0 Å². The van der Waals surface area contributed by atoms with Crippen molar-refractivity contribution in [3.63, 3.8) is 0 Å². The molecule has 3 aromatic carbocycles. The van der Waals surface area contributed by atoms with Gasteiger partial charge in [0, 0.05) is 30.1 Å². The molecule has 0 saturated heterocycles. The zero-order valence-corrected chi connectivity index (χ0v) is 25.2. The lowest BCUT2D eigenvalue weighted by atomic mass is 9.86. The number of phenols is 1. The largest absolute Gasteiger partial charge is 0.506 e. The first-order chi connectivity index (χ1) is 21.2. The van der Waals surface area contributed by atoms with E-state index in [4.69, 9.17) is 9.47 Å². The Bertz CT molecular complexity index is 1570. The number of esters is 1. The average molecular weight is 604 g/mol. The maximum atomic E-state index is 13.2. The van der Waals surface area contributed by atoms with Gasteiger partial charge >= 0.3 is 5.97 Å². The van der Waals surface area contributed by atoms with Crippen molar-refractivity contribution >= 4 is 16.9 Å². The lowest BCUT2D eigenvalue weighted by molar-refractivity contribution is -0.162. The number of carbonyl (C=O) groups excluding carboxylic acids is 1. The van der Waals surface area contributed by atoms with E-state index in [1.165, 1.54) is 12.1 Å². The number of nitrogens with zero attached hydrogens (tertiary/aromatic N) is 1. The molecule has 0 saturated carbocycles. The number of phenolic OH excluding ortho intramolecular Hbond substituents is 1. The minimum Gasteiger partial charge on any atom is -0.506 e. The number of hydrogen-bond acceptors (Lipinski definition) is 9. The molecule has 0 amide bonds. The molecule has 10 nitrogen and oxygen atoms in total. The molecule has 234 valence electrons. The first-order valence-electron chi connectivity index (χ1n) is 14.8. The zero-order valence-electron chi connectivity index (χ0n) is 25.2. The third-order valence-corrected chi connectivity index (χ3v) is 7.38. The number of hydrogen-bond donors (Lipinski definition) is 5. The summed E-state index contributed by atoms with van der Waals surface area (Å²) in [6, 6.07) is 21.7. The lowest BCUT2D eigenvalue weighted by Gasteiger charge is -2.27. The SMILES string of the molecule is CN(C)CCOC(=O)[C@@](O)(c1ccccc1)c1cccc(OCCCCCNC[C@H](O)c2ccc(O)c3[nH]c(=O)ccc23)c1. The predicted molar refractivity (Wildman–Crippen MR) is 169 cm³/mol. The molecule has 0 aliphatic carbocycles. The number of H-pyrrole nitrogens is 1. The van der Waals surface area contributed by atoms with Crippen LogP contribution >= 0.6 is 0 Å². The maximum absolute atomic E-state index is 13.2. The number of aromatic hydroxyl groups is 1. The second kappa shape index (κ2) is 15.5. The van der Waals surface area contributed by atoms with E-state index in [1.54, 1.807) is 60.7 Å². The zero-order chi connectivity index (χ0) is 31.5. The van der Waals surface area contributed by atoms with E-state index in [1.807, 2.05) is 25.1 Å². The van der Waals surface area contributed by atoms with Gasteiger partial charge in [-0.25, -0.2) is 4.79 Å². The van der Waals surface area contributed by atoms with Crippen molar-refractivity contribution in [2.75, 3.05) is 46.9 Å². The Kier molecular flexibility index (Phi) is 11.5. The molecule has 4 aromatic rings. The fraction of sp³-hybridized carbons (Fsp3) is 0.353. The first-order valence-corrected chi connectivity index (χ1v) is 14.8. The molecule has 44 heavy (non-hydrogen) atoms. The van der Waals surface area contributed by atoms with Crippen LogP contribution in [0.25, 0.3) is 10.9 Å². The third kappa shape index (κ3) is 8.23. The van der Waals surface area contributed by atoms with Gasteiger partial charge in [0.15, 0.2) is 0 Å². The Hall–Kier alpha value is -4.22. The monoisotopic (exact) mass is 603 g/mol. The number of pyridine rings is 1. The summed E-state index contributed by atoms with van der Waals surface area (Å²) in [5, 5.41) is 36.3. The lowest BCUT2D eigenvalue weighted by Crippen LogP contribution is -2.39. The Morgan fingerprint density at radius 1 is 0.955 bits per heavy atom. The van der Waals surface area contributed by atoms with Gasteiger partial charge in [0.25, 0.3) is 0 Å². The van der Waals surface area contributed by atoms with Gasteiger partial charge in [0.05, 0.1) is 18.2 Å². The summed E-state index contributed by atoms with van der Waals surface area (Å²) < 4.78 is 11.4. The second-order valence-electron chi connectivity index (χ2n) is 11.0. The normalized spacial score (nSPS) is 13.5. The van der Waals surface area contributed by atoms with E-state index < -0.39 is 17.7 Å². The van der Waals surface area contributed by atoms with Crippen LogP contribution in [0.1, 0.15) is 42.1 Å². The van der Waals surface area contributed by atoms with Gasteiger partial charge in [0.1, 0.15) is 18.1 Å². The standard InChI is InChI=1S/C34H41N3O7/c1-37(2)19-21-44-33(41)34(42,24-10-5-3-6-11-24)25-12-9-13-26(22-25)43-20-8-4-7-18-35-23-30(39)27-14-16-29(38)32-28(27)15-17-31(40)36-32/h3,5-6,9-17,22,30,35,38-39,42H,4,7-8,18-21,23H2,1-2H3,(H,36,40)/t30-,34+/m0/s1. The Balaban J connectivity index is 1.25. The highest BCUT2D eigenvalue weighted by molar-refractivity contribution is 5.87. The van der Waals surface area contributed by atoms with Gasteiger partial charge in [-0.3, -0.25) is 4.79 Å². The summed E-state index contributed by atoms with van der Waals surface area (Å²) in [5.74, 6) is -0.240. The molecule has 0 spiro atoms. The summed E-state index contributed by atoms with van der Waals surface area (Å²) in [7, 11) is 3.76. The summed E-state index contributed by atoms with van der Waals surface area (Å²) in [6.07, 6.45) is 1.74. The number of ether oxygens (including phenoxy) is 2. The van der Waals surface area contributed by atoms with E-state index in [0.717, 1.165) is 19.3 Å². The van der Waals surface area contributed by atoms with Crippen LogP contribution in [0.4, 0.5) is 0 Å². The predicted octanol–water partition coefficient (Wildman–Crippen LogP) is 3.45. The molecule has 0 bridgehead atoms. The van der Waals surface area contributed by atoms with Crippen LogP contribution in [-0.4, -0.2) is 78.1 Å². The van der Waals surface area contributed by atoms with Crippen molar-refractivity contribution in [3.05, 3.63) is 106 Å². The molecule has 10 heteroatoms. The number of nitrogens with one attached hydrogen (secondary N) is 2. The molecular formula is C34H41N3O7. The van der Waals surface area contributed by atoms with Gasteiger partial charge in [-0.15, -0.1) is 0 Å². The number of benzene rings is 3. The van der Waals surface area contributed by atoms with Gasteiger partial charge in [-0.1, -0.05) is 48.5 Å². The van der Waals surface area contributed by atoms with Crippen LogP contribution in [-0.2, 0) is 15.1 Å². The van der Waals surface area contributed by atoms with E-state index >= 15 is 0 Å². The molecule has 2 atom stereocenters. The highest BCUT2D eigenvalue weighted by Gasteiger charge is 2.42. The van der Waals surface area contributed by atoms with Crippen molar-refractivity contribution in [1.29, 1.82) is 0 Å². The molecule has 0 unspecified atom stereocenters. The van der Waals surface area contributed by atoms with Crippen LogP contribution in [0, 0.1) is 0 Å². The summed E-state index contributed by atoms with van der Waals surface area (Å²) in [5.41, 5.74) is -0.585. The molecule has 0 radical (unpaired) electrons. The van der Waals surface area contributed by atoms with E-state index in [2.05, 4.69) is 10.3 Å². The number of aliphatic hydroxyl groups excluding tert-OH is 1. The first kappa shape index (κ1) is 32.7. The number of aliphatic hydroxyl groups is 2. The van der Waals surface area contributed by atoms with Crippen LogP contribution in [0.3, 0.4) is 0 Å². The van der Waals surface area contributed by atoms with Crippen LogP contribution in [0.15, 0.2) is 83.7 Å². The Labute approximate surface area is 256 Å². The van der Waals surface area contributed by atoms with E-state index in [-0.39, 0.29) is 17.9 Å². The fourth-order valence-corrected chi connectivity index (χ4v) is 4.94. The van der Waals surface area contributed by atoms with Crippen molar-refractivity contribution in [2.45, 2.75) is 31.0 Å². The Morgan fingerprint density at radius 3 is 2.50 bits per heavy atom. The molecule has 0 aliphatic rings. The molecule has 0 aliphatic heterocycles. The van der Waals surface area contributed by atoms with E-state index in [0.29, 0.717) is 59.6 Å². The average Bonchev–Trinajstić information content (AvgIpc) is 3.02. The van der Waals surface area contributed by atoms with Crippen molar-refractivity contribution < 1.29 is 29.6 Å². The molecule has 1 aromatic heterocycles. The quantitative estimate of drug-likeness (QED) is 0.0961. The molecule has 4 rings (SSSR count). The topological polar surface area (TPSA) is 144 Å². The van der Waals surface area contributed by atoms with Crippen LogP contribution in [0.5, 0.6) is 11.5 Å². The molecular weight excluding hydrogens is 562 g/mol. The second-order valence-corrected chi connectivity index (χ2v) is 11.0. The molecule has 5 N–H and O–H groups in total. The number of unbranched alkanes of at least 4 members (excludes halogenated alkanes) is 2. The molecule has 1 heterocycles. The smallest absolute Gasteiger partial charge is 0.347 e. The minimum atomic E-state index is -1.98. The van der Waals surface area contributed by atoms with Crippen molar-refractivity contribution in [1.82, 2.24) is 15.2 Å². The Morgan fingerprint density at radius 2 is 1.73 bits per heavy atom. The summed E-state index contributed by atoms with van der Waals surface area (Å²) in [4.78, 5) is 29.3. The van der Waals surface area contributed by atoms with Crippen LogP contribution in [0.2, 0.25) is 0 Å². The van der Waals surface area contributed by atoms with Crippen molar-refractivity contribution in [3.8, 4) is 11.5 Å². The summed E-state index contributed by atoms with van der Waals surface area (Å²) in [6.45, 7) is 2.17. The van der Waals surface area contributed by atoms with E-state index in [9.17, 15) is 24.9 Å². The molecule has 0 fully saturated rings. The minimum absolute atomic E-state index is 0.0412. The number of aromatic nitrogens is 1. The number of rotatable bonds is 16. The maximum Gasteiger partial charge on any atom is 0.347 e. The van der Waals surface area contributed by atoms with Gasteiger partial charge in [-0.05, 0) is 75.3 Å². The number of likely N-dealkylation sites (N-methyl/N-ethyl adjacent to an activating group) is 1. The van der Waals surface area contributed by atoms with Gasteiger partial charge in [0.2, 0.25) is 11.2 Å². The fourth-order valence-electron chi connectivity index (χ4n) is 4.94. The third-order valence-electron chi connectivity index (χ3n) is 7.38. The summed E-state index contributed by atoms with van der Waals surface area (Å²) >= 11 is 0. The van der Waals surface area contributed by atoms with Crippen LogP contribution < -0.4 is 15.6 Å². The highest BCUT2D eigenvalue weighted by atomic mass is 16.5. The number of carbonyl (C=O) groups is 1. The van der Waals surface area contributed by atoms with Gasteiger partial charge < -0.3 is 40.0 Å².